The molecule has 1 aromatic heterocycles. The quantitative estimate of drug-likeness (QED) is 0.631. The van der Waals surface area contributed by atoms with E-state index in [9.17, 15) is 9.18 Å². The summed E-state index contributed by atoms with van der Waals surface area (Å²) in [6.45, 7) is 8.29. The van der Waals surface area contributed by atoms with Crippen molar-refractivity contribution in [3.63, 3.8) is 0 Å². The molecule has 2 aromatic carbocycles. The smallest absolute Gasteiger partial charge is 0.261 e. The van der Waals surface area contributed by atoms with E-state index in [1.165, 1.54) is 23.6 Å². The van der Waals surface area contributed by atoms with Crippen molar-refractivity contribution >= 4 is 21.7 Å². The average Bonchev–Trinajstić information content (AvgIpc) is 2.96. The average molecular weight is 364 g/mol. The molecule has 140 valence electrons. The number of fused-ring (bicyclic) bond motifs is 3. The van der Waals surface area contributed by atoms with E-state index in [0.29, 0.717) is 6.54 Å². The third-order valence-electron chi connectivity index (χ3n) is 6.67. The second kappa shape index (κ2) is 5.90. The fourth-order valence-corrected chi connectivity index (χ4v) is 5.37. The highest BCUT2D eigenvalue weighted by Crippen LogP contribution is 2.46. The summed E-state index contributed by atoms with van der Waals surface area (Å²) in [6.07, 6.45) is 3.29. The first-order valence-corrected chi connectivity index (χ1v) is 10.0. The van der Waals surface area contributed by atoms with Gasteiger partial charge in [-0.15, -0.1) is 0 Å². The predicted molar refractivity (Wildman–Crippen MR) is 108 cm³/mol. The van der Waals surface area contributed by atoms with Crippen molar-refractivity contribution < 1.29 is 4.39 Å². The molecule has 3 aromatic rings. The minimum absolute atomic E-state index is 0.00846. The number of aryl methyl sites for hydroxylation is 1. The maximum atomic E-state index is 14.6. The Bertz CT molecular complexity index is 1120. The molecular formula is C23H25FN2O. The SMILES string of the molecule is CCCN1CCC2(CC1)Cn1c(=O)c3c(F)cccc3c3cc(C)cc2c31. The summed E-state index contributed by atoms with van der Waals surface area (Å²) in [5, 5.41) is 2.01. The Morgan fingerprint density at radius 3 is 2.67 bits per heavy atom. The zero-order chi connectivity index (χ0) is 18.8. The highest BCUT2D eigenvalue weighted by atomic mass is 19.1. The van der Waals surface area contributed by atoms with Gasteiger partial charge in [-0.05, 0) is 68.9 Å². The first kappa shape index (κ1) is 16.9. The normalized spacial score (nSPS) is 18.8. The highest BCUT2D eigenvalue weighted by Gasteiger charge is 2.43. The number of nitrogens with zero attached hydrogens (tertiary/aromatic N) is 2. The molecule has 0 radical (unpaired) electrons. The molecule has 1 saturated heterocycles. The Kier molecular flexibility index (Phi) is 3.70. The molecule has 5 rings (SSSR count). The van der Waals surface area contributed by atoms with Gasteiger partial charge in [0.1, 0.15) is 5.82 Å². The number of hydrogen-bond donors (Lipinski definition) is 0. The topological polar surface area (TPSA) is 25.2 Å². The zero-order valence-electron chi connectivity index (χ0n) is 16.0. The standard InChI is InChI=1S/C23H25FN2O/c1-3-9-25-10-7-23(8-11-25)14-26-21-17(12-15(2)13-18(21)23)16-5-4-6-19(24)20(16)22(26)27/h4-6,12-13H,3,7-11,14H2,1-2H3. The van der Waals surface area contributed by atoms with E-state index < -0.39 is 5.82 Å². The third-order valence-corrected chi connectivity index (χ3v) is 6.67. The minimum atomic E-state index is -0.412. The van der Waals surface area contributed by atoms with Crippen molar-refractivity contribution in [3.8, 4) is 0 Å². The largest absolute Gasteiger partial charge is 0.306 e. The van der Waals surface area contributed by atoms with Crippen molar-refractivity contribution in [2.45, 2.75) is 45.1 Å². The number of likely N-dealkylation sites (tertiary alicyclic amines) is 1. The van der Waals surface area contributed by atoms with Crippen LogP contribution >= 0.6 is 0 Å². The van der Waals surface area contributed by atoms with E-state index in [1.54, 1.807) is 6.07 Å². The second-order valence-electron chi connectivity index (χ2n) is 8.38. The molecule has 0 bridgehead atoms. The van der Waals surface area contributed by atoms with Gasteiger partial charge in [-0.25, -0.2) is 4.39 Å². The Morgan fingerprint density at radius 1 is 1.15 bits per heavy atom. The summed E-state index contributed by atoms with van der Waals surface area (Å²) >= 11 is 0. The van der Waals surface area contributed by atoms with Crippen molar-refractivity contribution in [2.24, 2.45) is 0 Å². The number of aromatic nitrogens is 1. The van der Waals surface area contributed by atoms with Gasteiger partial charge in [0, 0.05) is 17.3 Å². The van der Waals surface area contributed by atoms with Gasteiger partial charge >= 0.3 is 0 Å². The van der Waals surface area contributed by atoms with Crippen LogP contribution in [0.25, 0.3) is 21.7 Å². The van der Waals surface area contributed by atoms with E-state index in [-0.39, 0.29) is 16.4 Å². The van der Waals surface area contributed by atoms with Crippen molar-refractivity contribution in [3.05, 3.63) is 57.6 Å². The lowest BCUT2D eigenvalue weighted by Crippen LogP contribution is -2.43. The number of pyridine rings is 1. The van der Waals surface area contributed by atoms with E-state index in [1.807, 2.05) is 10.6 Å². The van der Waals surface area contributed by atoms with Gasteiger partial charge in [0.25, 0.3) is 5.56 Å². The summed E-state index contributed by atoms with van der Waals surface area (Å²) in [5.41, 5.74) is 3.36. The number of halogens is 1. The van der Waals surface area contributed by atoms with Gasteiger partial charge in [0.2, 0.25) is 0 Å². The van der Waals surface area contributed by atoms with Crippen LogP contribution in [0.5, 0.6) is 0 Å². The highest BCUT2D eigenvalue weighted by molar-refractivity contribution is 6.07. The van der Waals surface area contributed by atoms with Crippen LogP contribution in [-0.4, -0.2) is 29.1 Å². The van der Waals surface area contributed by atoms with Crippen molar-refractivity contribution in [1.82, 2.24) is 9.47 Å². The molecule has 27 heavy (non-hydrogen) atoms. The zero-order valence-corrected chi connectivity index (χ0v) is 16.0. The second-order valence-corrected chi connectivity index (χ2v) is 8.38. The minimum Gasteiger partial charge on any atom is -0.306 e. The molecule has 0 N–H and O–H groups in total. The molecule has 0 atom stereocenters. The molecule has 0 saturated carbocycles. The maximum Gasteiger partial charge on any atom is 0.261 e. The summed E-state index contributed by atoms with van der Waals surface area (Å²) < 4.78 is 16.4. The molecular weight excluding hydrogens is 339 g/mol. The molecule has 0 unspecified atom stereocenters. The van der Waals surface area contributed by atoms with Crippen molar-refractivity contribution in [2.75, 3.05) is 19.6 Å². The predicted octanol–water partition coefficient (Wildman–Crippen LogP) is 4.36. The Morgan fingerprint density at radius 2 is 1.93 bits per heavy atom. The lowest BCUT2D eigenvalue weighted by molar-refractivity contribution is 0.152. The van der Waals surface area contributed by atoms with Gasteiger partial charge in [0.15, 0.2) is 0 Å². The molecule has 2 aliphatic rings. The Balaban J connectivity index is 1.77. The van der Waals surface area contributed by atoms with Crippen LogP contribution in [0.15, 0.2) is 35.1 Å². The van der Waals surface area contributed by atoms with Crippen LogP contribution in [0.1, 0.15) is 37.3 Å². The van der Waals surface area contributed by atoms with Gasteiger partial charge < -0.3 is 9.47 Å². The van der Waals surface area contributed by atoms with E-state index >= 15 is 0 Å². The van der Waals surface area contributed by atoms with Gasteiger partial charge in [-0.2, -0.15) is 0 Å². The maximum absolute atomic E-state index is 14.6. The Hall–Kier alpha value is -2.20. The number of hydrogen-bond acceptors (Lipinski definition) is 2. The van der Waals surface area contributed by atoms with Gasteiger partial charge in [-0.1, -0.05) is 30.7 Å². The van der Waals surface area contributed by atoms with E-state index in [0.717, 1.165) is 48.8 Å². The Labute approximate surface area is 158 Å². The van der Waals surface area contributed by atoms with Crippen LogP contribution < -0.4 is 5.56 Å². The van der Waals surface area contributed by atoms with Crippen LogP contribution in [-0.2, 0) is 12.0 Å². The third kappa shape index (κ3) is 2.32. The first-order valence-electron chi connectivity index (χ1n) is 10.0. The van der Waals surface area contributed by atoms with Crippen LogP contribution in [0.3, 0.4) is 0 Å². The van der Waals surface area contributed by atoms with Crippen LogP contribution in [0.4, 0.5) is 4.39 Å². The molecule has 0 amide bonds. The first-order chi connectivity index (χ1) is 13.0. The molecule has 3 nitrogen and oxygen atoms in total. The fraction of sp³-hybridized carbons (Fsp3) is 0.435. The molecule has 3 heterocycles. The molecule has 0 aliphatic carbocycles. The number of benzene rings is 2. The van der Waals surface area contributed by atoms with Gasteiger partial charge in [0.05, 0.1) is 10.9 Å². The molecule has 1 fully saturated rings. The van der Waals surface area contributed by atoms with E-state index in [2.05, 4.69) is 30.9 Å². The summed E-state index contributed by atoms with van der Waals surface area (Å²) in [7, 11) is 0. The van der Waals surface area contributed by atoms with Crippen molar-refractivity contribution in [1.29, 1.82) is 0 Å². The molecule has 1 spiro atoms. The lowest BCUT2D eigenvalue weighted by Gasteiger charge is -2.39. The summed E-state index contributed by atoms with van der Waals surface area (Å²) in [5.74, 6) is -0.412. The lowest BCUT2D eigenvalue weighted by atomic mass is 9.73. The molecule has 2 aliphatic heterocycles. The fourth-order valence-electron chi connectivity index (χ4n) is 5.37. The number of piperidine rings is 1. The summed E-state index contributed by atoms with van der Waals surface area (Å²) in [4.78, 5) is 15.7. The summed E-state index contributed by atoms with van der Waals surface area (Å²) in [6, 6.07) is 9.37. The van der Waals surface area contributed by atoms with E-state index in [4.69, 9.17) is 0 Å². The number of rotatable bonds is 2. The van der Waals surface area contributed by atoms with Crippen LogP contribution in [0, 0.1) is 12.7 Å². The van der Waals surface area contributed by atoms with Crippen LogP contribution in [0.2, 0.25) is 0 Å². The van der Waals surface area contributed by atoms with Gasteiger partial charge in [-0.3, -0.25) is 4.79 Å². The monoisotopic (exact) mass is 364 g/mol. The molecule has 4 heteroatoms.